The smallest absolute Gasteiger partial charge is 0.263 e. The van der Waals surface area contributed by atoms with Crippen LogP contribution in [0.2, 0.25) is 0 Å². The van der Waals surface area contributed by atoms with E-state index in [2.05, 4.69) is 9.71 Å². The molecule has 0 bridgehead atoms. The summed E-state index contributed by atoms with van der Waals surface area (Å²) in [6, 6.07) is 11.5. The van der Waals surface area contributed by atoms with Gasteiger partial charge in [0.1, 0.15) is 5.82 Å². The first-order chi connectivity index (χ1) is 8.62. The Morgan fingerprint density at radius 1 is 1.11 bits per heavy atom. The number of rotatable bonds is 4. The lowest BCUT2D eigenvalue weighted by Crippen LogP contribution is -2.13. The highest BCUT2D eigenvalue weighted by Gasteiger charge is 2.13. The van der Waals surface area contributed by atoms with Crippen LogP contribution in [0.1, 0.15) is 5.56 Å². The number of aromatic nitrogens is 1. The maximum absolute atomic E-state index is 12.0. The lowest BCUT2D eigenvalue weighted by molar-refractivity contribution is 0.601. The minimum Gasteiger partial charge on any atom is -0.326 e. The molecule has 1 aromatic carbocycles. The van der Waals surface area contributed by atoms with Crippen molar-refractivity contribution in [2.75, 3.05) is 4.72 Å². The molecule has 0 aliphatic heterocycles. The highest BCUT2D eigenvalue weighted by molar-refractivity contribution is 7.92. The lowest BCUT2D eigenvalue weighted by Gasteiger charge is -2.07. The van der Waals surface area contributed by atoms with Crippen LogP contribution >= 0.6 is 0 Å². The minimum atomic E-state index is -3.58. The van der Waals surface area contributed by atoms with Crippen LogP contribution in [0.4, 0.5) is 5.82 Å². The zero-order chi connectivity index (χ0) is 13.0. The van der Waals surface area contributed by atoms with Gasteiger partial charge in [0.05, 0.1) is 4.90 Å². The first-order valence-electron chi connectivity index (χ1n) is 5.35. The summed E-state index contributed by atoms with van der Waals surface area (Å²) in [6.07, 6.45) is 1.54. The molecule has 0 saturated heterocycles. The van der Waals surface area contributed by atoms with Crippen molar-refractivity contribution in [3.05, 3.63) is 54.2 Å². The third kappa shape index (κ3) is 2.85. The largest absolute Gasteiger partial charge is 0.326 e. The van der Waals surface area contributed by atoms with Crippen molar-refractivity contribution in [3.8, 4) is 0 Å². The Hall–Kier alpha value is -1.92. The molecular weight excluding hydrogens is 250 g/mol. The van der Waals surface area contributed by atoms with E-state index in [0.29, 0.717) is 6.54 Å². The Balaban J connectivity index is 2.22. The topological polar surface area (TPSA) is 85.1 Å². The molecule has 0 amide bonds. The van der Waals surface area contributed by atoms with Crippen LogP contribution in [0.5, 0.6) is 0 Å². The molecular formula is C12H13N3O2S. The van der Waals surface area contributed by atoms with Crippen molar-refractivity contribution in [1.82, 2.24) is 4.98 Å². The quantitative estimate of drug-likeness (QED) is 0.871. The van der Waals surface area contributed by atoms with Gasteiger partial charge in [0.15, 0.2) is 0 Å². The lowest BCUT2D eigenvalue weighted by atomic mass is 10.3. The Labute approximate surface area is 106 Å². The molecule has 1 aromatic heterocycles. The van der Waals surface area contributed by atoms with Gasteiger partial charge in [-0.15, -0.1) is 0 Å². The third-order valence-corrected chi connectivity index (χ3v) is 3.72. The number of hydrogen-bond donors (Lipinski definition) is 2. The molecule has 2 aromatic rings. The van der Waals surface area contributed by atoms with Crippen LogP contribution < -0.4 is 10.5 Å². The minimum absolute atomic E-state index is 0.203. The summed E-state index contributed by atoms with van der Waals surface area (Å²) in [5, 5.41) is 0. The fourth-order valence-electron chi connectivity index (χ4n) is 1.40. The summed E-state index contributed by atoms with van der Waals surface area (Å²) < 4.78 is 26.4. The number of nitrogens with one attached hydrogen (secondary N) is 1. The standard InChI is InChI=1S/C12H13N3O2S/c13-8-10-6-7-12(14-9-10)15-18(16,17)11-4-2-1-3-5-11/h1-7,9H,8,13H2,(H,14,15). The molecule has 0 radical (unpaired) electrons. The number of pyridine rings is 1. The van der Waals surface area contributed by atoms with Gasteiger partial charge in [0, 0.05) is 12.7 Å². The van der Waals surface area contributed by atoms with Crippen LogP contribution in [0.15, 0.2) is 53.6 Å². The van der Waals surface area contributed by atoms with Crippen molar-refractivity contribution in [1.29, 1.82) is 0 Å². The van der Waals surface area contributed by atoms with Crippen molar-refractivity contribution in [2.24, 2.45) is 5.73 Å². The Bertz CT molecular complexity index is 610. The van der Waals surface area contributed by atoms with Crippen molar-refractivity contribution < 1.29 is 8.42 Å². The Morgan fingerprint density at radius 3 is 2.39 bits per heavy atom. The van der Waals surface area contributed by atoms with Gasteiger partial charge in [-0.05, 0) is 23.8 Å². The first-order valence-corrected chi connectivity index (χ1v) is 6.83. The van der Waals surface area contributed by atoms with Gasteiger partial charge in [-0.1, -0.05) is 24.3 Å². The second-order valence-corrected chi connectivity index (χ2v) is 5.36. The third-order valence-electron chi connectivity index (χ3n) is 2.35. The van der Waals surface area contributed by atoms with E-state index in [1.54, 1.807) is 36.5 Å². The van der Waals surface area contributed by atoms with Gasteiger partial charge in [-0.25, -0.2) is 13.4 Å². The summed E-state index contributed by atoms with van der Waals surface area (Å²) in [5.41, 5.74) is 6.28. The van der Waals surface area contributed by atoms with Gasteiger partial charge in [0.2, 0.25) is 0 Å². The summed E-state index contributed by atoms with van der Waals surface area (Å²) >= 11 is 0. The van der Waals surface area contributed by atoms with Crippen molar-refractivity contribution >= 4 is 15.8 Å². The van der Waals surface area contributed by atoms with Crippen LogP contribution in [-0.2, 0) is 16.6 Å². The molecule has 0 saturated carbocycles. The van der Waals surface area contributed by atoms with E-state index in [-0.39, 0.29) is 10.7 Å². The van der Waals surface area contributed by atoms with Crippen molar-refractivity contribution in [3.63, 3.8) is 0 Å². The van der Waals surface area contributed by atoms with Gasteiger partial charge < -0.3 is 5.73 Å². The fraction of sp³-hybridized carbons (Fsp3) is 0.0833. The van der Waals surface area contributed by atoms with Crippen molar-refractivity contribution in [2.45, 2.75) is 11.4 Å². The molecule has 0 fully saturated rings. The highest BCUT2D eigenvalue weighted by atomic mass is 32.2. The van der Waals surface area contributed by atoms with E-state index >= 15 is 0 Å². The molecule has 18 heavy (non-hydrogen) atoms. The number of nitrogens with two attached hydrogens (primary N) is 1. The first kappa shape index (κ1) is 12.5. The monoisotopic (exact) mass is 263 g/mol. The molecule has 0 unspecified atom stereocenters. The predicted molar refractivity (Wildman–Crippen MR) is 69.4 cm³/mol. The van der Waals surface area contributed by atoms with E-state index in [1.807, 2.05) is 0 Å². The number of sulfonamides is 1. The van der Waals surface area contributed by atoms with E-state index in [9.17, 15) is 8.42 Å². The summed E-state index contributed by atoms with van der Waals surface area (Å²) in [6.45, 7) is 0.374. The molecule has 1 heterocycles. The molecule has 5 nitrogen and oxygen atoms in total. The van der Waals surface area contributed by atoms with Crippen LogP contribution in [-0.4, -0.2) is 13.4 Å². The number of hydrogen-bond acceptors (Lipinski definition) is 4. The number of anilines is 1. The molecule has 0 aliphatic carbocycles. The maximum Gasteiger partial charge on any atom is 0.263 e. The zero-order valence-corrected chi connectivity index (χ0v) is 10.4. The SMILES string of the molecule is NCc1ccc(NS(=O)(=O)c2ccccc2)nc1. The van der Waals surface area contributed by atoms with Gasteiger partial charge >= 0.3 is 0 Å². The fourth-order valence-corrected chi connectivity index (χ4v) is 2.43. The maximum atomic E-state index is 12.0. The van der Waals surface area contributed by atoms with Gasteiger partial charge in [-0.3, -0.25) is 4.72 Å². The second-order valence-electron chi connectivity index (χ2n) is 3.67. The van der Waals surface area contributed by atoms with Crippen LogP contribution in [0.3, 0.4) is 0 Å². The average Bonchev–Trinajstić information content (AvgIpc) is 2.40. The zero-order valence-electron chi connectivity index (χ0n) is 9.58. The molecule has 94 valence electrons. The average molecular weight is 263 g/mol. The van der Waals surface area contributed by atoms with E-state index in [4.69, 9.17) is 5.73 Å². The molecule has 6 heteroatoms. The highest BCUT2D eigenvalue weighted by Crippen LogP contribution is 2.13. The normalized spacial score (nSPS) is 11.2. The Morgan fingerprint density at radius 2 is 1.83 bits per heavy atom. The van der Waals surface area contributed by atoms with Crippen LogP contribution in [0, 0.1) is 0 Å². The molecule has 3 N–H and O–H groups in total. The summed E-state index contributed by atoms with van der Waals surface area (Å²) in [7, 11) is -3.58. The van der Waals surface area contributed by atoms with Gasteiger partial charge in [0.25, 0.3) is 10.0 Å². The number of nitrogens with zero attached hydrogens (tertiary/aromatic N) is 1. The summed E-state index contributed by atoms with van der Waals surface area (Å²) in [4.78, 5) is 4.19. The number of benzene rings is 1. The molecule has 0 aliphatic rings. The van der Waals surface area contributed by atoms with E-state index in [1.165, 1.54) is 12.1 Å². The Kier molecular flexibility index (Phi) is 3.59. The molecule has 0 spiro atoms. The predicted octanol–water partition coefficient (Wildman–Crippen LogP) is 1.34. The van der Waals surface area contributed by atoms with Gasteiger partial charge in [-0.2, -0.15) is 0 Å². The van der Waals surface area contributed by atoms with E-state index < -0.39 is 10.0 Å². The van der Waals surface area contributed by atoms with Crippen LogP contribution in [0.25, 0.3) is 0 Å². The molecule has 2 rings (SSSR count). The second kappa shape index (κ2) is 5.16. The molecule has 0 atom stereocenters. The summed E-state index contributed by atoms with van der Waals surface area (Å²) in [5.74, 6) is 0.274. The van der Waals surface area contributed by atoms with E-state index in [0.717, 1.165) is 5.56 Å².